The molecule has 0 unspecified atom stereocenters. The van der Waals surface area contributed by atoms with E-state index >= 15 is 0 Å². The Morgan fingerprint density at radius 1 is 1.29 bits per heavy atom. The highest BCUT2D eigenvalue weighted by Crippen LogP contribution is 2.13. The van der Waals surface area contributed by atoms with Crippen molar-refractivity contribution in [2.45, 2.75) is 26.4 Å². The molecule has 0 saturated heterocycles. The lowest BCUT2D eigenvalue weighted by Crippen LogP contribution is -2.47. The molecule has 0 aliphatic carbocycles. The van der Waals surface area contributed by atoms with E-state index in [1.165, 1.54) is 14.1 Å². The molecule has 8 heteroatoms. The number of nitrogens with zero attached hydrogens (tertiary/aromatic N) is 2. The summed E-state index contributed by atoms with van der Waals surface area (Å²) in [6, 6.07) is 0. The monoisotopic (exact) mass is 267 g/mol. The molecule has 0 spiro atoms. The molecule has 0 heterocycles. The van der Waals surface area contributed by atoms with Gasteiger partial charge < -0.3 is 10.5 Å². The van der Waals surface area contributed by atoms with Crippen LogP contribution in [0.25, 0.3) is 0 Å². The van der Waals surface area contributed by atoms with Gasteiger partial charge in [-0.3, -0.25) is 0 Å². The Morgan fingerprint density at radius 2 is 1.76 bits per heavy atom. The maximum atomic E-state index is 11.8. The quantitative estimate of drug-likeness (QED) is 0.773. The number of carbonyl (C=O) groups is 1. The Labute approximate surface area is 103 Å². The molecule has 2 N–H and O–H groups in total. The second kappa shape index (κ2) is 5.65. The molecule has 0 aliphatic heterocycles. The van der Waals surface area contributed by atoms with Crippen molar-refractivity contribution in [1.29, 1.82) is 0 Å². The van der Waals surface area contributed by atoms with E-state index in [-0.39, 0.29) is 13.1 Å². The van der Waals surface area contributed by atoms with Crippen LogP contribution in [0.2, 0.25) is 0 Å². The van der Waals surface area contributed by atoms with Crippen LogP contribution < -0.4 is 5.73 Å². The molecule has 0 aromatic carbocycles. The van der Waals surface area contributed by atoms with Gasteiger partial charge in [0.1, 0.15) is 5.60 Å². The Balaban J connectivity index is 5.06. The molecule has 102 valence electrons. The fraction of sp³-hybridized carbons (Fsp3) is 0.889. The molecule has 0 bridgehead atoms. The molecule has 0 aromatic heterocycles. The van der Waals surface area contributed by atoms with Crippen molar-refractivity contribution in [3.63, 3.8) is 0 Å². The van der Waals surface area contributed by atoms with Gasteiger partial charge >= 0.3 is 16.3 Å². The molecule has 0 atom stereocenters. The molecule has 0 aliphatic rings. The molecule has 0 aromatic rings. The minimum atomic E-state index is -3.86. The second-order valence-corrected chi connectivity index (χ2v) is 6.70. The maximum absolute atomic E-state index is 11.8. The summed E-state index contributed by atoms with van der Waals surface area (Å²) in [6.45, 7) is 4.90. The van der Waals surface area contributed by atoms with E-state index < -0.39 is 21.9 Å². The largest absolute Gasteiger partial charge is 0.443 e. The van der Waals surface area contributed by atoms with Crippen LogP contribution in [0.4, 0.5) is 4.79 Å². The standard InChI is InChI=1S/C9H21N3O4S/c1-9(2,3)16-8(13)12(7-6-10)17(14,15)11(4)5/h6-7,10H2,1-5H3. The summed E-state index contributed by atoms with van der Waals surface area (Å²) in [6.07, 6.45) is -0.920. The van der Waals surface area contributed by atoms with Crippen molar-refractivity contribution in [3.05, 3.63) is 0 Å². The Morgan fingerprint density at radius 3 is 2.06 bits per heavy atom. The fourth-order valence-corrected chi connectivity index (χ4v) is 1.88. The van der Waals surface area contributed by atoms with Crippen LogP contribution >= 0.6 is 0 Å². The number of nitrogens with two attached hydrogens (primary N) is 1. The number of hydrogen-bond acceptors (Lipinski definition) is 5. The van der Waals surface area contributed by atoms with Gasteiger partial charge in [0.2, 0.25) is 0 Å². The highest BCUT2D eigenvalue weighted by atomic mass is 32.2. The van der Waals surface area contributed by atoms with E-state index in [4.69, 9.17) is 10.5 Å². The predicted octanol–water partition coefficient (Wildman–Crippen LogP) is -0.0114. The smallest absolute Gasteiger partial charge is 0.425 e. The zero-order chi connectivity index (χ0) is 13.9. The summed E-state index contributed by atoms with van der Waals surface area (Å²) in [5, 5.41) is 0. The highest BCUT2D eigenvalue weighted by Gasteiger charge is 2.32. The Kier molecular flexibility index (Phi) is 5.37. The lowest BCUT2D eigenvalue weighted by Gasteiger charge is -2.28. The lowest BCUT2D eigenvalue weighted by atomic mass is 10.2. The van der Waals surface area contributed by atoms with Gasteiger partial charge in [-0.05, 0) is 20.8 Å². The minimum absolute atomic E-state index is 0.0340. The molecule has 0 rings (SSSR count). The summed E-state index contributed by atoms with van der Waals surface area (Å²) >= 11 is 0. The topological polar surface area (TPSA) is 92.9 Å². The average Bonchev–Trinajstić information content (AvgIpc) is 2.10. The first-order valence-corrected chi connectivity index (χ1v) is 6.55. The van der Waals surface area contributed by atoms with Crippen LogP contribution in [0.1, 0.15) is 20.8 Å². The summed E-state index contributed by atoms with van der Waals surface area (Å²) < 4.78 is 30.3. The minimum Gasteiger partial charge on any atom is -0.443 e. The zero-order valence-corrected chi connectivity index (χ0v) is 11.7. The molecule has 1 amide bonds. The molecule has 0 radical (unpaired) electrons. The third-order valence-electron chi connectivity index (χ3n) is 1.67. The third-order valence-corrected chi connectivity index (χ3v) is 3.48. The number of amides is 1. The van der Waals surface area contributed by atoms with Crippen molar-refractivity contribution in [3.8, 4) is 0 Å². The first-order chi connectivity index (χ1) is 7.52. The molecule has 0 saturated carbocycles. The first kappa shape index (κ1) is 16.1. The van der Waals surface area contributed by atoms with Crippen LogP contribution in [-0.4, -0.2) is 55.9 Å². The lowest BCUT2D eigenvalue weighted by molar-refractivity contribution is 0.0387. The second-order valence-electron chi connectivity index (χ2n) is 4.63. The summed E-state index contributed by atoms with van der Waals surface area (Å²) in [7, 11) is -1.19. The van der Waals surface area contributed by atoms with Gasteiger partial charge in [0.25, 0.3) is 0 Å². The number of ether oxygens (including phenoxy) is 1. The fourth-order valence-electron chi connectivity index (χ4n) is 0.928. The van der Waals surface area contributed by atoms with Gasteiger partial charge in [-0.25, -0.2) is 4.79 Å². The Bertz CT molecular complexity index is 359. The summed E-state index contributed by atoms with van der Waals surface area (Å²) in [5.41, 5.74) is 4.54. The van der Waals surface area contributed by atoms with Gasteiger partial charge in [-0.15, -0.1) is 0 Å². The molecular formula is C9H21N3O4S. The van der Waals surface area contributed by atoms with E-state index in [0.29, 0.717) is 4.31 Å². The van der Waals surface area contributed by atoms with E-state index in [0.717, 1.165) is 4.31 Å². The molecule has 17 heavy (non-hydrogen) atoms. The summed E-state index contributed by atoms with van der Waals surface area (Å²) in [4.78, 5) is 11.7. The third kappa shape index (κ3) is 4.88. The van der Waals surface area contributed by atoms with E-state index in [9.17, 15) is 13.2 Å². The normalized spacial score (nSPS) is 12.6. The SMILES string of the molecule is CN(C)S(=O)(=O)N(CCN)C(=O)OC(C)(C)C. The first-order valence-electron chi connectivity index (χ1n) is 5.15. The van der Waals surface area contributed by atoms with Crippen LogP contribution in [-0.2, 0) is 14.9 Å². The molecule has 7 nitrogen and oxygen atoms in total. The van der Waals surface area contributed by atoms with Gasteiger partial charge in [-0.1, -0.05) is 0 Å². The van der Waals surface area contributed by atoms with E-state index in [2.05, 4.69) is 0 Å². The van der Waals surface area contributed by atoms with Gasteiger partial charge in [-0.2, -0.15) is 17.0 Å². The van der Waals surface area contributed by atoms with Crippen molar-refractivity contribution in [1.82, 2.24) is 8.61 Å². The van der Waals surface area contributed by atoms with Crippen LogP contribution in [0, 0.1) is 0 Å². The van der Waals surface area contributed by atoms with Crippen molar-refractivity contribution < 1.29 is 17.9 Å². The van der Waals surface area contributed by atoms with E-state index in [1.807, 2.05) is 0 Å². The molecule has 0 fully saturated rings. The van der Waals surface area contributed by atoms with Crippen molar-refractivity contribution >= 4 is 16.3 Å². The zero-order valence-electron chi connectivity index (χ0n) is 10.9. The van der Waals surface area contributed by atoms with Gasteiger partial charge in [0.05, 0.1) is 6.54 Å². The van der Waals surface area contributed by atoms with Crippen molar-refractivity contribution in [2.24, 2.45) is 5.73 Å². The molecular weight excluding hydrogens is 246 g/mol. The van der Waals surface area contributed by atoms with Gasteiger partial charge in [0, 0.05) is 20.6 Å². The number of carbonyl (C=O) groups excluding carboxylic acids is 1. The predicted molar refractivity (Wildman–Crippen MR) is 64.6 cm³/mol. The summed E-state index contributed by atoms with van der Waals surface area (Å²) in [5.74, 6) is 0. The van der Waals surface area contributed by atoms with Crippen LogP contribution in [0.15, 0.2) is 0 Å². The Hall–Kier alpha value is -0.860. The highest BCUT2D eigenvalue weighted by molar-refractivity contribution is 7.87. The maximum Gasteiger partial charge on any atom is 0.425 e. The van der Waals surface area contributed by atoms with Crippen LogP contribution in [0.5, 0.6) is 0 Å². The van der Waals surface area contributed by atoms with Crippen LogP contribution in [0.3, 0.4) is 0 Å². The average molecular weight is 267 g/mol. The van der Waals surface area contributed by atoms with Gasteiger partial charge in [0.15, 0.2) is 0 Å². The number of rotatable bonds is 4. The van der Waals surface area contributed by atoms with Crippen molar-refractivity contribution in [2.75, 3.05) is 27.2 Å². The van der Waals surface area contributed by atoms with E-state index in [1.54, 1.807) is 20.8 Å². The number of hydrogen-bond donors (Lipinski definition) is 1.